The number of unbranched alkanes of at least 4 members (excludes halogenated alkanes) is 9. The van der Waals surface area contributed by atoms with Gasteiger partial charge in [0, 0.05) is 15.6 Å². The maximum absolute atomic E-state index is 3.45. The summed E-state index contributed by atoms with van der Waals surface area (Å²) in [6, 6.07) is 16.9. The van der Waals surface area contributed by atoms with Crippen molar-refractivity contribution in [2.24, 2.45) is 0 Å². The largest absolute Gasteiger partial charge is 0.0654 e. The van der Waals surface area contributed by atoms with Crippen molar-refractivity contribution in [3.05, 3.63) is 69.7 Å². The van der Waals surface area contributed by atoms with Crippen molar-refractivity contribution in [2.45, 2.75) is 77.6 Å². The third-order valence-electron chi connectivity index (χ3n) is 4.97. The molecule has 0 bridgehead atoms. The summed E-state index contributed by atoms with van der Waals surface area (Å²) in [6.07, 6.45) is 15.1. The van der Waals surface area contributed by atoms with Crippen LogP contribution in [0.1, 0.15) is 87.8 Å². The molecule has 0 nitrogen and oxygen atoms in total. The molecule has 0 N–H and O–H groups in total. The van der Waals surface area contributed by atoms with Gasteiger partial charge in [0.25, 0.3) is 0 Å². The monoisotopic (exact) mass is 424 g/mol. The molecule has 0 unspecified atom stereocenters. The lowest BCUT2D eigenvalue weighted by Gasteiger charge is -2.03. The van der Waals surface area contributed by atoms with Crippen molar-refractivity contribution >= 4 is 15.9 Å². The summed E-state index contributed by atoms with van der Waals surface area (Å²) in [4.78, 5) is 0. The lowest BCUT2D eigenvalue weighted by atomic mass is 10.0. The first kappa shape index (κ1) is 21.8. The van der Waals surface area contributed by atoms with Gasteiger partial charge in [0.15, 0.2) is 0 Å². The minimum absolute atomic E-state index is 1.05. The van der Waals surface area contributed by atoms with Crippen molar-refractivity contribution < 1.29 is 0 Å². The minimum Gasteiger partial charge on any atom is -0.0654 e. The Morgan fingerprint density at radius 2 is 1.04 bits per heavy atom. The van der Waals surface area contributed by atoms with E-state index >= 15 is 0 Å². The molecule has 144 valence electrons. The second kappa shape index (κ2) is 13.6. The number of hydrogen-bond donors (Lipinski definition) is 0. The smallest absolute Gasteiger partial charge is 0.0249 e. The molecule has 0 aliphatic carbocycles. The van der Waals surface area contributed by atoms with Gasteiger partial charge in [0.1, 0.15) is 0 Å². The SMILES string of the molecule is CCCCCCCCCCCCc1ccc(C#Cc2ccc(Br)cc2)cc1. The molecule has 0 saturated carbocycles. The number of hydrogen-bond acceptors (Lipinski definition) is 0. The van der Waals surface area contributed by atoms with Gasteiger partial charge in [-0.3, -0.25) is 0 Å². The van der Waals surface area contributed by atoms with Gasteiger partial charge in [-0.05, 0) is 54.8 Å². The van der Waals surface area contributed by atoms with Gasteiger partial charge in [-0.25, -0.2) is 0 Å². The summed E-state index contributed by atoms with van der Waals surface area (Å²) >= 11 is 3.45. The Balaban J connectivity index is 1.60. The Morgan fingerprint density at radius 1 is 0.593 bits per heavy atom. The Kier molecular flexibility index (Phi) is 11.0. The average Bonchev–Trinajstić information content (AvgIpc) is 2.70. The van der Waals surface area contributed by atoms with Crippen LogP contribution in [0.3, 0.4) is 0 Å². The van der Waals surface area contributed by atoms with Gasteiger partial charge in [-0.15, -0.1) is 0 Å². The molecule has 0 spiro atoms. The van der Waals surface area contributed by atoms with Crippen molar-refractivity contribution in [2.75, 3.05) is 0 Å². The molecular weight excluding hydrogens is 392 g/mol. The Hall–Kier alpha value is -1.52. The molecule has 0 atom stereocenters. The van der Waals surface area contributed by atoms with Crippen molar-refractivity contribution in [3.63, 3.8) is 0 Å². The first-order valence-electron chi connectivity index (χ1n) is 10.6. The predicted octanol–water partition coefficient (Wildman–Crippen LogP) is 8.31. The normalized spacial score (nSPS) is 10.4. The van der Waals surface area contributed by atoms with Crippen LogP contribution in [0.5, 0.6) is 0 Å². The summed E-state index contributed by atoms with van der Waals surface area (Å²) in [5.41, 5.74) is 3.57. The fourth-order valence-electron chi connectivity index (χ4n) is 3.25. The third kappa shape index (κ3) is 9.83. The lowest BCUT2D eigenvalue weighted by molar-refractivity contribution is 0.556. The highest BCUT2D eigenvalue weighted by Crippen LogP contribution is 2.13. The van der Waals surface area contributed by atoms with E-state index in [0.717, 1.165) is 15.6 Å². The first-order valence-corrected chi connectivity index (χ1v) is 11.4. The van der Waals surface area contributed by atoms with Crippen LogP contribution in [0.25, 0.3) is 0 Å². The van der Waals surface area contributed by atoms with E-state index in [-0.39, 0.29) is 0 Å². The van der Waals surface area contributed by atoms with Gasteiger partial charge in [-0.1, -0.05) is 105 Å². The maximum atomic E-state index is 3.45. The Labute approximate surface area is 174 Å². The molecule has 2 aromatic rings. The number of benzene rings is 2. The second-order valence-corrected chi connectivity index (χ2v) is 8.30. The van der Waals surface area contributed by atoms with Crippen molar-refractivity contribution in [3.8, 4) is 11.8 Å². The van der Waals surface area contributed by atoms with E-state index in [4.69, 9.17) is 0 Å². The molecule has 27 heavy (non-hydrogen) atoms. The second-order valence-electron chi connectivity index (χ2n) is 7.39. The molecule has 0 aliphatic heterocycles. The summed E-state index contributed by atoms with van der Waals surface area (Å²) in [6.45, 7) is 2.28. The van der Waals surface area contributed by atoms with Crippen LogP contribution in [-0.2, 0) is 6.42 Å². The van der Waals surface area contributed by atoms with Crippen LogP contribution in [0.2, 0.25) is 0 Å². The molecule has 0 radical (unpaired) electrons. The number of aryl methyl sites for hydroxylation is 1. The van der Waals surface area contributed by atoms with Gasteiger partial charge >= 0.3 is 0 Å². The Bertz CT molecular complexity index is 686. The van der Waals surface area contributed by atoms with Crippen LogP contribution in [0.4, 0.5) is 0 Å². The Morgan fingerprint density at radius 3 is 1.56 bits per heavy atom. The fraction of sp³-hybridized carbons (Fsp3) is 0.462. The fourth-order valence-corrected chi connectivity index (χ4v) is 3.51. The van der Waals surface area contributed by atoms with E-state index < -0.39 is 0 Å². The van der Waals surface area contributed by atoms with Gasteiger partial charge < -0.3 is 0 Å². The number of halogens is 1. The van der Waals surface area contributed by atoms with Gasteiger partial charge in [0.05, 0.1) is 0 Å². The zero-order valence-electron chi connectivity index (χ0n) is 16.8. The third-order valence-corrected chi connectivity index (χ3v) is 5.50. The van der Waals surface area contributed by atoms with E-state index in [2.05, 4.69) is 59.0 Å². The highest BCUT2D eigenvalue weighted by atomic mass is 79.9. The molecule has 0 aromatic heterocycles. The molecule has 2 rings (SSSR count). The van der Waals surface area contributed by atoms with Crippen molar-refractivity contribution in [1.82, 2.24) is 0 Å². The van der Waals surface area contributed by atoms with Crippen LogP contribution >= 0.6 is 15.9 Å². The first-order chi connectivity index (χ1) is 13.3. The molecule has 0 saturated heterocycles. The van der Waals surface area contributed by atoms with E-state index in [1.165, 1.54) is 76.2 Å². The van der Waals surface area contributed by atoms with Gasteiger partial charge in [0.2, 0.25) is 0 Å². The standard InChI is InChI=1S/C26H33Br/c1-2-3-4-5-6-7-8-9-10-11-12-23-13-15-24(16-14-23)17-18-25-19-21-26(27)22-20-25/h13-16,19-22H,2-12H2,1H3. The molecule has 0 fully saturated rings. The summed E-state index contributed by atoms with van der Waals surface area (Å²) < 4.78 is 1.09. The van der Waals surface area contributed by atoms with E-state index in [1.54, 1.807) is 0 Å². The minimum atomic E-state index is 1.05. The van der Waals surface area contributed by atoms with Gasteiger partial charge in [-0.2, -0.15) is 0 Å². The maximum Gasteiger partial charge on any atom is 0.0249 e. The quantitative estimate of drug-likeness (QED) is 0.251. The molecule has 2 aromatic carbocycles. The zero-order chi connectivity index (χ0) is 19.2. The molecular formula is C26H33Br. The van der Waals surface area contributed by atoms with E-state index in [1.807, 2.05) is 24.3 Å². The van der Waals surface area contributed by atoms with Crippen LogP contribution < -0.4 is 0 Å². The molecule has 1 heteroatoms. The summed E-state index contributed by atoms with van der Waals surface area (Å²) in [5.74, 6) is 6.48. The van der Waals surface area contributed by atoms with Crippen LogP contribution in [0, 0.1) is 11.8 Å². The average molecular weight is 425 g/mol. The summed E-state index contributed by atoms with van der Waals surface area (Å²) in [7, 11) is 0. The molecule has 0 heterocycles. The zero-order valence-corrected chi connectivity index (χ0v) is 18.4. The molecule has 0 aliphatic rings. The van der Waals surface area contributed by atoms with E-state index in [9.17, 15) is 0 Å². The summed E-state index contributed by atoms with van der Waals surface area (Å²) in [5, 5.41) is 0. The highest BCUT2D eigenvalue weighted by Gasteiger charge is 1.96. The van der Waals surface area contributed by atoms with Crippen LogP contribution in [0.15, 0.2) is 53.0 Å². The number of rotatable bonds is 11. The van der Waals surface area contributed by atoms with Crippen molar-refractivity contribution in [1.29, 1.82) is 0 Å². The highest BCUT2D eigenvalue weighted by molar-refractivity contribution is 9.10. The lowest BCUT2D eigenvalue weighted by Crippen LogP contribution is -1.87. The predicted molar refractivity (Wildman–Crippen MR) is 122 cm³/mol. The van der Waals surface area contributed by atoms with E-state index in [0.29, 0.717) is 0 Å². The van der Waals surface area contributed by atoms with Crippen LogP contribution in [-0.4, -0.2) is 0 Å². The topological polar surface area (TPSA) is 0 Å². The molecule has 0 amide bonds.